The van der Waals surface area contributed by atoms with Crippen LogP contribution in [0.15, 0.2) is 48.0 Å². The molecule has 1 amide bonds. The molecule has 2 saturated heterocycles. The highest BCUT2D eigenvalue weighted by molar-refractivity contribution is 6.46. The van der Waals surface area contributed by atoms with Gasteiger partial charge >= 0.3 is 0 Å². The molecule has 2 aliphatic heterocycles. The number of rotatable bonds is 6. The van der Waals surface area contributed by atoms with Gasteiger partial charge < -0.3 is 19.5 Å². The van der Waals surface area contributed by atoms with E-state index in [9.17, 15) is 14.7 Å². The van der Waals surface area contributed by atoms with Crippen molar-refractivity contribution in [2.45, 2.75) is 19.9 Å². The molecular formula is C26H30N2O5. The maximum absolute atomic E-state index is 13.3. The van der Waals surface area contributed by atoms with Crippen LogP contribution in [0.2, 0.25) is 0 Å². The molecule has 0 radical (unpaired) electrons. The fourth-order valence-corrected chi connectivity index (χ4v) is 4.54. The molecule has 174 valence electrons. The van der Waals surface area contributed by atoms with Gasteiger partial charge in [-0.25, -0.2) is 0 Å². The second-order valence-corrected chi connectivity index (χ2v) is 8.51. The molecule has 2 aromatic rings. The average Bonchev–Trinajstić information content (AvgIpc) is 3.09. The number of Topliss-reactive ketones (excluding diaryl/α,β-unsaturated/α-hetero) is 1. The van der Waals surface area contributed by atoms with Gasteiger partial charge in [0.15, 0.2) is 0 Å². The van der Waals surface area contributed by atoms with E-state index in [0.29, 0.717) is 43.2 Å². The van der Waals surface area contributed by atoms with E-state index in [1.807, 2.05) is 50.2 Å². The van der Waals surface area contributed by atoms with Crippen molar-refractivity contribution < 1.29 is 24.2 Å². The highest BCUT2D eigenvalue weighted by Crippen LogP contribution is 2.42. The number of ether oxygens (including phenoxy) is 2. The first-order chi connectivity index (χ1) is 15.9. The van der Waals surface area contributed by atoms with Gasteiger partial charge in [0, 0.05) is 37.3 Å². The Labute approximate surface area is 194 Å². The lowest BCUT2D eigenvalue weighted by Crippen LogP contribution is -2.42. The minimum atomic E-state index is -0.734. The maximum Gasteiger partial charge on any atom is 0.295 e. The number of carbonyl (C=O) groups is 2. The van der Waals surface area contributed by atoms with Crippen molar-refractivity contribution in [2.24, 2.45) is 0 Å². The number of aryl methyl sites for hydroxylation is 2. The summed E-state index contributed by atoms with van der Waals surface area (Å²) in [6.07, 6.45) is 0. The predicted molar refractivity (Wildman–Crippen MR) is 125 cm³/mol. The van der Waals surface area contributed by atoms with Gasteiger partial charge in [0.2, 0.25) is 0 Å². The largest absolute Gasteiger partial charge is 0.507 e. The smallest absolute Gasteiger partial charge is 0.295 e. The number of likely N-dealkylation sites (tertiary alicyclic amines) is 1. The Morgan fingerprint density at radius 3 is 2.55 bits per heavy atom. The molecule has 33 heavy (non-hydrogen) atoms. The summed E-state index contributed by atoms with van der Waals surface area (Å²) in [5.41, 5.74) is 3.11. The number of hydrogen-bond acceptors (Lipinski definition) is 6. The summed E-state index contributed by atoms with van der Waals surface area (Å²) in [6.45, 7) is 7.65. The van der Waals surface area contributed by atoms with Crippen LogP contribution >= 0.6 is 0 Å². The number of hydrogen-bond donors (Lipinski definition) is 1. The van der Waals surface area contributed by atoms with E-state index in [1.165, 1.54) is 0 Å². The Bertz CT molecular complexity index is 1090. The second-order valence-electron chi connectivity index (χ2n) is 8.51. The van der Waals surface area contributed by atoms with Crippen molar-refractivity contribution in [3.63, 3.8) is 0 Å². The number of ketones is 1. The maximum atomic E-state index is 13.3. The van der Waals surface area contributed by atoms with E-state index in [-0.39, 0.29) is 11.3 Å². The summed E-state index contributed by atoms with van der Waals surface area (Å²) < 4.78 is 11.0. The molecule has 2 fully saturated rings. The number of aliphatic hydroxyl groups is 1. The third-order valence-electron chi connectivity index (χ3n) is 6.38. The van der Waals surface area contributed by atoms with Gasteiger partial charge in [0.1, 0.15) is 11.5 Å². The second kappa shape index (κ2) is 9.77. The molecule has 0 bridgehead atoms. The van der Waals surface area contributed by atoms with Crippen molar-refractivity contribution >= 4 is 17.4 Å². The molecule has 2 aliphatic rings. The fourth-order valence-electron chi connectivity index (χ4n) is 4.54. The molecule has 7 nitrogen and oxygen atoms in total. The van der Waals surface area contributed by atoms with Gasteiger partial charge in [-0.2, -0.15) is 0 Å². The number of aliphatic hydroxyl groups excluding tert-OH is 1. The number of para-hydroxylation sites is 1. The van der Waals surface area contributed by atoms with Crippen LogP contribution in [0, 0.1) is 13.8 Å². The van der Waals surface area contributed by atoms with Gasteiger partial charge in [-0.1, -0.05) is 35.9 Å². The van der Waals surface area contributed by atoms with E-state index >= 15 is 0 Å². The lowest BCUT2D eigenvalue weighted by molar-refractivity contribution is -0.140. The normalized spacial score (nSPS) is 20.9. The van der Waals surface area contributed by atoms with Gasteiger partial charge in [-0.3, -0.25) is 14.5 Å². The summed E-state index contributed by atoms with van der Waals surface area (Å²) in [5.74, 6) is -0.871. The summed E-state index contributed by atoms with van der Waals surface area (Å²) in [7, 11) is 1.56. The van der Waals surface area contributed by atoms with Gasteiger partial charge in [0.05, 0.1) is 31.9 Å². The Balaban J connectivity index is 1.81. The first-order valence-electron chi connectivity index (χ1n) is 11.2. The number of carbonyl (C=O) groups excluding carboxylic acids is 2. The molecule has 0 spiro atoms. The molecule has 0 saturated carbocycles. The van der Waals surface area contributed by atoms with Crippen molar-refractivity contribution in [3.8, 4) is 5.75 Å². The van der Waals surface area contributed by atoms with Crippen molar-refractivity contribution in [1.29, 1.82) is 0 Å². The molecule has 4 rings (SSSR count). The molecule has 1 N–H and O–H groups in total. The summed E-state index contributed by atoms with van der Waals surface area (Å²) in [5, 5.41) is 11.4. The van der Waals surface area contributed by atoms with E-state index < -0.39 is 17.7 Å². The van der Waals surface area contributed by atoms with Crippen molar-refractivity contribution in [1.82, 2.24) is 9.80 Å². The van der Waals surface area contributed by atoms with E-state index in [4.69, 9.17) is 9.47 Å². The molecule has 7 heteroatoms. The lowest BCUT2D eigenvalue weighted by atomic mass is 9.93. The van der Waals surface area contributed by atoms with Crippen LogP contribution in [0.1, 0.15) is 28.3 Å². The lowest BCUT2D eigenvalue weighted by Gasteiger charge is -2.31. The van der Waals surface area contributed by atoms with E-state index in [1.54, 1.807) is 18.1 Å². The van der Waals surface area contributed by atoms with Crippen molar-refractivity contribution in [3.05, 3.63) is 70.3 Å². The van der Waals surface area contributed by atoms with Crippen molar-refractivity contribution in [2.75, 3.05) is 46.5 Å². The minimum Gasteiger partial charge on any atom is -0.507 e. The Morgan fingerprint density at radius 1 is 1.09 bits per heavy atom. The molecular weight excluding hydrogens is 420 g/mol. The molecule has 0 aliphatic carbocycles. The topological polar surface area (TPSA) is 79.3 Å². The zero-order valence-corrected chi connectivity index (χ0v) is 19.3. The van der Waals surface area contributed by atoms with Gasteiger partial charge in [0.25, 0.3) is 11.7 Å². The zero-order valence-electron chi connectivity index (χ0n) is 19.3. The minimum absolute atomic E-state index is 0.0974. The predicted octanol–water partition coefficient (Wildman–Crippen LogP) is 3.07. The number of nitrogens with zero attached hydrogens (tertiary/aromatic N) is 2. The molecule has 2 aromatic carbocycles. The number of amides is 1. The highest BCUT2D eigenvalue weighted by Gasteiger charge is 2.47. The van der Waals surface area contributed by atoms with E-state index in [0.717, 1.165) is 24.2 Å². The average molecular weight is 451 g/mol. The van der Waals surface area contributed by atoms with Gasteiger partial charge in [-0.15, -0.1) is 0 Å². The first-order valence-corrected chi connectivity index (χ1v) is 11.2. The third-order valence-corrected chi connectivity index (χ3v) is 6.38. The summed E-state index contributed by atoms with van der Waals surface area (Å²) in [4.78, 5) is 30.3. The molecule has 1 unspecified atom stereocenters. The molecule has 2 heterocycles. The van der Waals surface area contributed by atoms with Crippen LogP contribution < -0.4 is 4.74 Å². The summed E-state index contributed by atoms with van der Waals surface area (Å²) >= 11 is 0. The quantitative estimate of drug-likeness (QED) is 0.414. The Hall–Kier alpha value is -3.16. The molecule has 1 atom stereocenters. The van der Waals surface area contributed by atoms with Crippen LogP contribution in [-0.4, -0.2) is 73.1 Å². The SMILES string of the molecule is COc1ccccc1C1/C(=C(\O)c2cc(C)ccc2C)C(=O)C(=O)N1CCN1CCOCC1. The number of morpholine rings is 1. The fraction of sp³-hybridized carbons (Fsp3) is 0.385. The van der Waals surface area contributed by atoms with Crippen LogP contribution in [-0.2, 0) is 14.3 Å². The molecule has 0 aromatic heterocycles. The third kappa shape index (κ3) is 4.51. The van der Waals surface area contributed by atoms with Crippen LogP contribution in [0.3, 0.4) is 0 Å². The first kappa shape index (κ1) is 23.0. The number of benzene rings is 2. The van der Waals surface area contributed by atoms with Crippen LogP contribution in [0.5, 0.6) is 5.75 Å². The Morgan fingerprint density at radius 2 is 1.82 bits per heavy atom. The van der Waals surface area contributed by atoms with Gasteiger partial charge in [-0.05, 0) is 31.5 Å². The van der Waals surface area contributed by atoms with E-state index in [2.05, 4.69) is 4.90 Å². The number of methoxy groups -OCH3 is 1. The standard InChI is InChI=1S/C26H30N2O5/c1-17-8-9-18(2)20(16-17)24(29)22-23(19-6-4-5-7-21(19)32-3)28(26(31)25(22)30)11-10-27-12-14-33-15-13-27/h4-9,16,23,29H,10-15H2,1-3H3/b24-22+. The van der Waals surface area contributed by atoms with Crippen LogP contribution in [0.4, 0.5) is 0 Å². The Kier molecular flexibility index (Phi) is 6.81. The van der Waals surface area contributed by atoms with Crippen LogP contribution in [0.25, 0.3) is 5.76 Å². The summed E-state index contributed by atoms with van der Waals surface area (Å²) in [6, 6.07) is 12.3. The highest BCUT2D eigenvalue weighted by atomic mass is 16.5. The monoisotopic (exact) mass is 450 g/mol. The zero-order chi connectivity index (χ0) is 23.5.